The number of benzene rings is 1. The highest BCUT2D eigenvalue weighted by Gasteiger charge is 2.33. The summed E-state index contributed by atoms with van der Waals surface area (Å²) in [6.45, 7) is 3.74. The van der Waals surface area contributed by atoms with Crippen LogP contribution in [0.3, 0.4) is 0 Å². The van der Waals surface area contributed by atoms with Gasteiger partial charge in [0, 0.05) is 5.56 Å². The predicted molar refractivity (Wildman–Crippen MR) is 121 cm³/mol. The molecule has 14 heteroatoms. The molecule has 1 aromatic heterocycles. The lowest BCUT2D eigenvalue weighted by atomic mass is 10.2. The van der Waals surface area contributed by atoms with Gasteiger partial charge in [0.15, 0.2) is 17.5 Å². The van der Waals surface area contributed by atoms with Gasteiger partial charge in [0.05, 0.1) is 13.2 Å². The second-order valence-corrected chi connectivity index (χ2v) is 9.80. The van der Waals surface area contributed by atoms with Crippen LogP contribution in [0, 0.1) is 0 Å². The van der Waals surface area contributed by atoms with Crippen molar-refractivity contribution < 1.29 is 19.1 Å². The summed E-state index contributed by atoms with van der Waals surface area (Å²) < 4.78 is 5.12. The van der Waals surface area contributed by atoms with E-state index in [2.05, 4.69) is 24.4 Å². The number of alkyl halides is 6. The summed E-state index contributed by atoms with van der Waals surface area (Å²) in [5.74, 6) is 0.0265. The largest absolute Gasteiger partial charge is 0.449 e. The maximum Gasteiger partial charge on any atom is 0.416 e. The molecule has 2 aromatic rings. The van der Waals surface area contributed by atoms with E-state index in [4.69, 9.17) is 69.6 Å². The van der Waals surface area contributed by atoms with Crippen LogP contribution in [-0.4, -0.2) is 40.4 Å². The molecule has 1 heterocycles. The minimum absolute atomic E-state index is 0.113. The standard InChI is InChI=1S/C11H5Cl6N3.C6H11NO4/c12-10(13,14)8-18-7(6-4-2-1-3-5-6)19-9(20-8)11(15,16)17;1-3-10-5(8)7-6(9)11-4-2/h1-5H;3-4H2,1-2H3,(H,7,8,9). The smallest absolute Gasteiger partial charge is 0.416 e. The van der Waals surface area contributed by atoms with Gasteiger partial charge in [-0.25, -0.2) is 29.9 Å². The molecule has 0 saturated carbocycles. The van der Waals surface area contributed by atoms with E-state index in [0.29, 0.717) is 5.56 Å². The second kappa shape index (κ2) is 12.7. The third-order valence-electron chi connectivity index (χ3n) is 2.93. The van der Waals surface area contributed by atoms with Gasteiger partial charge in [-0.2, -0.15) is 0 Å². The van der Waals surface area contributed by atoms with Crippen LogP contribution in [0.25, 0.3) is 11.4 Å². The molecule has 0 bridgehead atoms. The quantitative estimate of drug-likeness (QED) is 0.460. The van der Waals surface area contributed by atoms with E-state index in [1.807, 2.05) is 23.5 Å². The van der Waals surface area contributed by atoms with Crippen molar-refractivity contribution in [3.63, 3.8) is 0 Å². The summed E-state index contributed by atoms with van der Waals surface area (Å²) in [6.07, 6.45) is -1.57. The van der Waals surface area contributed by atoms with Crippen molar-refractivity contribution in [1.82, 2.24) is 20.3 Å². The monoisotopic (exact) mass is 550 g/mol. The van der Waals surface area contributed by atoms with Gasteiger partial charge in [0.2, 0.25) is 7.59 Å². The van der Waals surface area contributed by atoms with Crippen LogP contribution >= 0.6 is 69.6 Å². The van der Waals surface area contributed by atoms with Crippen molar-refractivity contribution >= 4 is 81.8 Å². The maximum absolute atomic E-state index is 10.5. The average Bonchev–Trinajstić information content (AvgIpc) is 2.68. The Balaban J connectivity index is 0.000000373. The number of carbonyl (C=O) groups is 2. The zero-order valence-electron chi connectivity index (χ0n) is 16.0. The minimum Gasteiger partial charge on any atom is -0.449 e. The Morgan fingerprint density at radius 3 is 1.58 bits per heavy atom. The highest BCUT2D eigenvalue weighted by molar-refractivity contribution is 6.67. The number of nitrogens with one attached hydrogen (secondary N) is 1. The van der Waals surface area contributed by atoms with Gasteiger partial charge in [-0.1, -0.05) is 99.9 Å². The van der Waals surface area contributed by atoms with E-state index in [1.165, 1.54) is 0 Å². The van der Waals surface area contributed by atoms with Crippen LogP contribution in [0.1, 0.15) is 25.5 Å². The lowest BCUT2D eigenvalue weighted by Crippen LogP contribution is -2.31. The van der Waals surface area contributed by atoms with Gasteiger partial charge in [0.25, 0.3) is 0 Å². The number of hydrogen-bond donors (Lipinski definition) is 1. The topological polar surface area (TPSA) is 103 Å². The molecule has 0 atom stereocenters. The first-order valence-corrected chi connectivity index (χ1v) is 10.7. The molecule has 0 radical (unpaired) electrons. The lowest BCUT2D eigenvalue weighted by Gasteiger charge is -2.15. The number of halogens is 6. The van der Waals surface area contributed by atoms with Gasteiger partial charge < -0.3 is 9.47 Å². The zero-order valence-corrected chi connectivity index (χ0v) is 20.6. The molecule has 0 aliphatic rings. The molecule has 0 fully saturated rings. The van der Waals surface area contributed by atoms with Crippen LogP contribution in [0.15, 0.2) is 30.3 Å². The summed E-state index contributed by atoms with van der Waals surface area (Å²) in [7, 11) is 0. The van der Waals surface area contributed by atoms with Crippen molar-refractivity contribution in [2.75, 3.05) is 13.2 Å². The molecular weight excluding hydrogens is 537 g/mol. The van der Waals surface area contributed by atoms with Crippen LogP contribution in [-0.2, 0) is 17.1 Å². The Bertz CT molecular complexity index is 827. The molecule has 8 nitrogen and oxygen atoms in total. The molecule has 170 valence electrons. The molecule has 31 heavy (non-hydrogen) atoms. The van der Waals surface area contributed by atoms with Gasteiger partial charge in [0.1, 0.15) is 0 Å². The molecule has 1 aromatic carbocycles. The number of imide groups is 1. The number of ether oxygens (including phenoxy) is 2. The summed E-state index contributed by atoms with van der Waals surface area (Å²) >= 11 is 34.7. The molecule has 0 aliphatic carbocycles. The van der Waals surface area contributed by atoms with Crippen molar-refractivity contribution in [2.45, 2.75) is 21.4 Å². The van der Waals surface area contributed by atoms with E-state index in [-0.39, 0.29) is 30.7 Å². The molecule has 0 aliphatic heterocycles. The predicted octanol–water partition coefficient (Wildman–Crippen LogP) is 6.08. The van der Waals surface area contributed by atoms with Gasteiger partial charge in [-0.15, -0.1) is 0 Å². The first-order chi connectivity index (χ1) is 14.4. The van der Waals surface area contributed by atoms with Crippen molar-refractivity contribution in [2.24, 2.45) is 0 Å². The average molecular weight is 553 g/mol. The van der Waals surface area contributed by atoms with E-state index in [0.717, 1.165) is 0 Å². The molecule has 0 unspecified atom stereocenters. The Kier molecular flexibility index (Phi) is 11.3. The number of hydrogen-bond acceptors (Lipinski definition) is 7. The van der Waals surface area contributed by atoms with E-state index in [9.17, 15) is 9.59 Å². The summed E-state index contributed by atoms with van der Waals surface area (Å²) in [6, 6.07) is 9.02. The Morgan fingerprint density at radius 2 is 1.23 bits per heavy atom. The first-order valence-electron chi connectivity index (χ1n) is 8.44. The van der Waals surface area contributed by atoms with Crippen LogP contribution in [0.4, 0.5) is 9.59 Å². The Labute approximate surface area is 208 Å². The fourth-order valence-corrected chi connectivity index (χ4v) is 2.27. The van der Waals surface area contributed by atoms with Crippen LogP contribution < -0.4 is 5.32 Å². The Morgan fingerprint density at radius 1 is 0.806 bits per heavy atom. The number of rotatable bonds is 3. The number of nitrogens with zero attached hydrogens (tertiary/aromatic N) is 3. The molecule has 2 rings (SSSR count). The van der Waals surface area contributed by atoms with E-state index in [1.54, 1.807) is 26.0 Å². The maximum atomic E-state index is 10.5. The normalized spacial score (nSPS) is 11.1. The third-order valence-corrected chi connectivity index (χ3v) is 3.94. The van der Waals surface area contributed by atoms with E-state index >= 15 is 0 Å². The molecule has 0 spiro atoms. The van der Waals surface area contributed by atoms with Crippen LogP contribution in [0.2, 0.25) is 0 Å². The lowest BCUT2D eigenvalue weighted by molar-refractivity contribution is 0.130. The minimum atomic E-state index is -1.85. The molecule has 1 N–H and O–H groups in total. The summed E-state index contributed by atoms with van der Waals surface area (Å²) in [5.41, 5.74) is 0.681. The van der Waals surface area contributed by atoms with Crippen LogP contribution in [0.5, 0.6) is 0 Å². The highest BCUT2D eigenvalue weighted by atomic mass is 35.6. The Hall–Kier alpha value is -1.29. The first kappa shape index (κ1) is 27.7. The fraction of sp³-hybridized carbons (Fsp3) is 0.353. The van der Waals surface area contributed by atoms with Crippen molar-refractivity contribution in [3.8, 4) is 11.4 Å². The third kappa shape index (κ3) is 10.2. The summed E-state index contributed by atoms with van der Waals surface area (Å²) in [5, 5.41) is 1.86. The SMILES string of the molecule is CCOC(=O)NC(=O)OCC.ClC(Cl)(Cl)c1nc(-c2ccccc2)nc(C(Cl)(Cl)Cl)n1. The summed E-state index contributed by atoms with van der Waals surface area (Å²) in [4.78, 5) is 33.1. The highest BCUT2D eigenvalue weighted by Crippen LogP contribution is 2.40. The van der Waals surface area contributed by atoms with Gasteiger partial charge in [-0.05, 0) is 13.8 Å². The number of aromatic nitrogens is 3. The molecular formula is C17H16Cl6N4O4. The van der Waals surface area contributed by atoms with Crippen molar-refractivity contribution in [3.05, 3.63) is 42.0 Å². The van der Waals surface area contributed by atoms with Crippen molar-refractivity contribution in [1.29, 1.82) is 0 Å². The molecule has 2 amide bonds. The van der Waals surface area contributed by atoms with Gasteiger partial charge in [-0.3, -0.25) is 0 Å². The fourth-order valence-electron chi connectivity index (χ4n) is 1.76. The van der Waals surface area contributed by atoms with Gasteiger partial charge >= 0.3 is 12.2 Å². The van der Waals surface area contributed by atoms with E-state index < -0.39 is 19.8 Å². The second-order valence-electron chi connectivity index (χ2n) is 5.23. The number of carbonyl (C=O) groups excluding carboxylic acids is 2. The number of alkyl carbamates (subject to hydrolysis) is 2. The zero-order chi connectivity index (χ0) is 23.7. The number of amides is 2. The molecule has 0 saturated heterocycles.